The largest absolute Gasteiger partial charge is 0.362 e. The van der Waals surface area contributed by atoms with Crippen molar-refractivity contribution in [3.8, 4) is 0 Å². The lowest BCUT2D eigenvalue weighted by atomic mass is 10.0. The van der Waals surface area contributed by atoms with Crippen molar-refractivity contribution in [2.45, 2.75) is 39.3 Å². The fraction of sp³-hybridized carbons (Fsp3) is 0.500. The van der Waals surface area contributed by atoms with E-state index < -0.39 is 0 Å². The molecule has 1 aromatic heterocycles. The van der Waals surface area contributed by atoms with Crippen LogP contribution in [0.1, 0.15) is 39.4 Å². The van der Waals surface area contributed by atoms with Crippen LogP contribution < -0.4 is 10.6 Å². The van der Waals surface area contributed by atoms with Crippen molar-refractivity contribution < 1.29 is 0 Å². The van der Waals surface area contributed by atoms with Gasteiger partial charge in [-0.25, -0.2) is 0 Å². The highest BCUT2D eigenvalue weighted by Crippen LogP contribution is 2.23. The van der Waals surface area contributed by atoms with Gasteiger partial charge in [0.15, 0.2) is 0 Å². The minimum atomic E-state index is -0.0217. The van der Waals surface area contributed by atoms with Crippen LogP contribution in [0, 0.1) is 0 Å². The number of hydrogen-bond acceptors (Lipinski definition) is 3. The Morgan fingerprint density at radius 1 is 1.47 bits per heavy atom. The lowest BCUT2D eigenvalue weighted by Gasteiger charge is -2.36. The standard InChI is InChI=1S/C14H23N3/c1-6-9-17(14(3,4)5)12-7-8-13(11(2)15)16-10-12/h6-8,10-11H,1,9,15H2,2-5H3/t11-/m1/s1. The third-order valence-electron chi connectivity index (χ3n) is 2.67. The van der Waals surface area contributed by atoms with Crippen LogP contribution in [0.4, 0.5) is 5.69 Å². The molecule has 0 fully saturated rings. The van der Waals surface area contributed by atoms with Crippen LogP contribution in [0.2, 0.25) is 0 Å². The Morgan fingerprint density at radius 3 is 2.47 bits per heavy atom. The molecule has 0 saturated carbocycles. The van der Waals surface area contributed by atoms with E-state index in [1.54, 1.807) is 0 Å². The van der Waals surface area contributed by atoms with Gasteiger partial charge in [-0.15, -0.1) is 6.58 Å². The number of aromatic nitrogens is 1. The molecule has 94 valence electrons. The van der Waals surface area contributed by atoms with Gasteiger partial charge in [0.2, 0.25) is 0 Å². The van der Waals surface area contributed by atoms with Crippen molar-refractivity contribution >= 4 is 5.69 Å². The van der Waals surface area contributed by atoms with Crippen molar-refractivity contribution in [2.75, 3.05) is 11.4 Å². The zero-order chi connectivity index (χ0) is 13.1. The average Bonchev–Trinajstić information content (AvgIpc) is 2.24. The first-order chi connectivity index (χ1) is 7.86. The fourth-order valence-electron chi connectivity index (χ4n) is 1.72. The van der Waals surface area contributed by atoms with E-state index in [4.69, 9.17) is 5.73 Å². The first-order valence-electron chi connectivity index (χ1n) is 5.96. The molecule has 1 rings (SSSR count). The molecule has 1 atom stereocenters. The van der Waals surface area contributed by atoms with Gasteiger partial charge in [-0.05, 0) is 39.8 Å². The van der Waals surface area contributed by atoms with Crippen molar-refractivity contribution in [2.24, 2.45) is 5.73 Å². The second-order valence-electron chi connectivity index (χ2n) is 5.30. The molecule has 0 amide bonds. The smallest absolute Gasteiger partial charge is 0.0569 e. The zero-order valence-electron chi connectivity index (χ0n) is 11.3. The van der Waals surface area contributed by atoms with Gasteiger partial charge >= 0.3 is 0 Å². The van der Waals surface area contributed by atoms with Gasteiger partial charge in [-0.3, -0.25) is 4.98 Å². The van der Waals surface area contributed by atoms with Crippen molar-refractivity contribution in [3.63, 3.8) is 0 Å². The van der Waals surface area contributed by atoms with Crippen molar-refractivity contribution in [3.05, 3.63) is 36.7 Å². The maximum Gasteiger partial charge on any atom is 0.0569 e. The maximum atomic E-state index is 5.79. The van der Waals surface area contributed by atoms with Gasteiger partial charge in [0.1, 0.15) is 0 Å². The predicted octanol–water partition coefficient (Wildman–Crippen LogP) is 2.89. The number of rotatable bonds is 4. The molecular formula is C14H23N3. The number of pyridine rings is 1. The molecule has 0 aliphatic heterocycles. The second kappa shape index (κ2) is 5.32. The molecule has 2 N–H and O–H groups in total. The number of hydrogen-bond donors (Lipinski definition) is 1. The van der Waals surface area contributed by atoms with E-state index in [2.05, 4.69) is 43.3 Å². The number of nitrogens with zero attached hydrogens (tertiary/aromatic N) is 2. The summed E-state index contributed by atoms with van der Waals surface area (Å²) in [4.78, 5) is 6.66. The van der Waals surface area contributed by atoms with E-state index in [1.807, 2.05) is 25.3 Å². The van der Waals surface area contributed by atoms with Gasteiger partial charge in [0, 0.05) is 18.1 Å². The zero-order valence-corrected chi connectivity index (χ0v) is 11.3. The van der Waals surface area contributed by atoms with Crippen LogP contribution in [-0.4, -0.2) is 17.1 Å². The molecule has 1 heterocycles. The SMILES string of the molecule is C=CCN(c1ccc([C@@H](C)N)nc1)C(C)(C)C. The van der Waals surface area contributed by atoms with Gasteiger partial charge in [-0.2, -0.15) is 0 Å². The van der Waals surface area contributed by atoms with Crippen LogP contribution in [0.3, 0.4) is 0 Å². The molecular weight excluding hydrogens is 210 g/mol. The summed E-state index contributed by atoms with van der Waals surface area (Å²) in [6, 6.07) is 4.04. The van der Waals surface area contributed by atoms with E-state index in [1.165, 1.54) is 0 Å². The van der Waals surface area contributed by atoms with E-state index in [9.17, 15) is 0 Å². The molecule has 0 aromatic carbocycles. The van der Waals surface area contributed by atoms with Gasteiger partial charge in [0.25, 0.3) is 0 Å². The monoisotopic (exact) mass is 233 g/mol. The summed E-state index contributed by atoms with van der Waals surface area (Å²) >= 11 is 0. The van der Waals surface area contributed by atoms with E-state index in [0.717, 1.165) is 17.9 Å². The first-order valence-corrected chi connectivity index (χ1v) is 5.96. The maximum absolute atomic E-state index is 5.79. The predicted molar refractivity (Wildman–Crippen MR) is 74.1 cm³/mol. The van der Waals surface area contributed by atoms with Crippen LogP contribution in [-0.2, 0) is 0 Å². The normalized spacial score (nSPS) is 13.2. The summed E-state index contributed by atoms with van der Waals surface area (Å²) in [5, 5.41) is 0. The van der Waals surface area contributed by atoms with Crippen LogP contribution in [0.5, 0.6) is 0 Å². The quantitative estimate of drug-likeness (QED) is 0.813. The van der Waals surface area contributed by atoms with Gasteiger partial charge in [0.05, 0.1) is 17.6 Å². The van der Waals surface area contributed by atoms with Crippen LogP contribution in [0.15, 0.2) is 31.0 Å². The second-order valence-corrected chi connectivity index (χ2v) is 5.30. The lowest BCUT2D eigenvalue weighted by Crippen LogP contribution is -2.41. The van der Waals surface area contributed by atoms with Crippen LogP contribution in [0.25, 0.3) is 0 Å². The summed E-state index contributed by atoms with van der Waals surface area (Å²) in [5.41, 5.74) is 7.86. The Bertz CT molecular complexity index is 360. The molecule has 0 bridgehead atoms. The summed E-state index contributed by atoms with van der Waals surface area (Å²) in [6.45, 7) is 13.1. The first kappa shape index (κ1) is 13.7. The van der Waals surface area contributed by atoms with Crippen LogP contribution >= 0.6 is 0 Å². The summed E-state index contributed by atoms with van der Waals surface area (Å²) < 4.78 is 0. The molecule has 0 radical (unpaired) electrons. The lowest BCUT2D eigenvalue weighted by molar-refractivity contribution is 0.521. The fourth-order valence-corrected chi connectivity index (χ4v) is 1.72. The Labute approximate surface area is 104 Å². The molecule has 3 heteroatoms. The topological polar surface area (TPSA) is 42.1 Å². The van der Waals surface area contributed by atoms with E-state index in [0.29, 0.717) is 0 Å². The van der Waals surface area contributed by atoms with Gasteiger partial charge < -0.3 is 10.6 Å². The third-order valence-corrected chi connectivity index (χ3v) is 2.67. The Kier molecular flexibility index (Phi) is 4.29. The van der Waals surface area contributed by atoms with Gasteiger partial charge in [-0.1, -0.05) is 6.08 Å². The molecule has 1 aromatic rings. The summed E-state index contributed by atoms with van der Waals surface area (Å²) in [7, 11) is 0. The highest BCUT2D eigenvalue weighted by atomic mass is 15.2. The Hall–Kier alpha value is -1.35. The number of anilines is 1. The molecule has 3 nitrogen and oxygen atoms in total. The molecule has 0 spiro atoms. The molecule has 0 aliphatic rings. The minimum Gasteiger partial charge on any atom is -0.362 e. The summed E-state index contributed by atoms with van der Waals surface area (Å²) in [5.74, 6) is 0. The Balaban J connectivity index is 2.99. The van der Waals surface area contributed by atoms with Crippen molar-refractivity contribution in [1.29, 1.82) is 0 Å². The molecule has 0 unspecified atom stereocenters. The molecule has 0 saturated heterocycles. The average molecular weight is 233 g/mol. The third kappa shape index (κ3) is 3.56. The highest BCUT2D eigenvalue weighted by Gasteiger charge is 2.20. The van der Waals surface area contributed by atoms with Crippen molar-refractivity contribution in [1.82, 2.24) is 4.98 Å². The minimum absolute atomic E-state index is 0.0217. The summed E-state index contributed by atoms with van der Waals surface area (Å²) in [6.07, 6.45) is 3.79. The Morgan fingerprint density at radius 2 is 2.12 bits per heavy atom. The number of nitrogens with two attached hydrogens (primary N) is 1. The molecule has 0 aliphatic carbocycles. The van der Waals surface area contributed by atoms with E-state index in [-0.39, 0.29) is 11.6 Å². The highest BCUT2D eigenvalue weighted by molar-refractivity contribution is 5.47. The molecule has 17 heavy (non-hydrogen) atoms. The van der Waals surface area contributed by atoms with E-state index >= 15 is 0 Å².